The minimum Gasteiger partial charge on any atom is -0.382 e. The second-order valence-corrected chi connectivity index (χ2v) is 5.31. The van der Waals surface area contributed by atoms with E-state index in [1.165, 1.54) is 12.1 Å². The van der Waals surface area contributed by atoms with Gasteiger partial charge in [-0.15, -0.1) is 0 Å². The van der Waals surface area contributed by atoms with Gasteiger partial charge in [0.05, 0.1) is 28.7 Å². The number of anilines is 1. The summed E-state index contributed by atoms with van der Waals surface area (Å²) in [7, 11) is 0. The van der Waals surface area contributed by atoms with Crippen molar-refractivity contribution in [3.8, 4) is 23.0 Å². The third-order valence-electron chi connectivity index (χ3n) is 3.78. The number of nitrogens with two attached hydrogens (primary N) is 1. The molecule has 0 unspecified atom stereocenters. The monoisotopic (exact) mass is 318 g/mol. The van der Waals surface area contributed by atoms with Crippen molar-refractivity contribution in [1.82, 2.24) is 20.0 Å². The van der Waals surface area contributed by atoms with Gasteiger partial charge in [0.2, 0.25) is 0 Å². The van der Waals surface area contributed by atoms with Crippen molar-refractivity contribution in [2.24, 2.45) is 0 Å². The van der Waals surface area contributed by atoms with E-state index in [9.17, 15) is 4.39 Å². The molecule has 0 amide bonds. The summed E-state index contributed by atoms with van der Waals surface area (Å²) < 4.78 is 15.6. The number of nitrogen functional groups attached to an aromatic ring is 1. The van der Waals surface area contributed by atoms with Crippen LogP contribution in [-0.4, -0.2) is 20.0 Å². The van der Waals surface area contributed by atoms with E-state index in [-0.39, 0.29) is 5.56 Å². The average molecular weight is 318 g/mol. The topological polar surface area (TPSA) is 96.3 Å². The van der Waals surface area contributed by atoms with Crippen LogP contribution < -0.4 is 5.73 Å². The summed E-state index contributed by atoms with van der Waals surface area (Å²) in [6.45, 7) is 0. The molecule has 0 atom stereocenters. The molecule has 6 nitrogen and oxygen atoms in total. The molecule has 0 aliphatic carbocycles. The Morgan fingerprint density at radius 3 is 2.83 bits per heavy atom. The molecule has 0 aliphatic heterocycles. The molecule has 24 heavy (non-hydrogen) atoms. The van der Waals surface area contributed by atoms with Crippen LogP contribution in [0.3, 0.4) is 0 Å². The first-order chi connectivity index (χ1) is 11.7. The highest BCUT2D eigenvalue weighted by Crippen LogP contribution is 2.27. The molecule has 2 heterocycles. The highest BCUT2D eigenvalue weighted by Gasteiger charge is 2.13. The van der Waals surface area contributed by atoms with Gasteiger partial charge >= 0.3 is 0 Å². The molecular weight excluding hydrogens is 307 g/mol. The summed E-state index contributed by atoms with van der Waals surface area (Å²) in [6.07, 6.45) is 1.72. The van der Waals surface area contributed by atoms with E-state index in [0.29, 0.717) is 17.1 Å². The zero-order valence-electron chi connectivity index (χ0n) is 12.4. The number of fused-ring (bicyclic) bond motifs is 1. The van der Waals surface area contributed by atoms with E-state index in [1.807, 2.05) is 24.3 Å². The molecule has 0 fully saturated rings. The fraction of sp³-hybridized carbons (Fsp3) is 0. The highest BCUT2D eigenvalue weighted by molar-refractivity contribution is 5.80. The molecule has 0 bridgehead atoms. The van der Waals surface area contributed by atoms with Gasteiger partial charge in [-0.3, -0.25) is 5.10 Å². The number of nitrogens with zero attached hydrogens (tertiary/aromatic N) is 4. The van der Waals surface area contributed by atoms with Crippen LogP contribution >= 0.6 is 0 Å². The minimum absolute atomic E-state index is 0.00222. The zero-order valence-corrected chi connectivity index (χ0v) is 12.4. The number of aromatic nitrogens is 4. The molecule has 4 aromatic rings. The molecule has 4 rings (SSSR count). The lowest BCUT2D eigenvalue weighted by molar-refractivity contribution is 0.624. The van der Waals surface area contributed by atoms with Crippen molar-refractivity contribution in [2.75, 3.05) is 5.73 Å². The van der Waals surface area contributed by atoms with E-state index < -0.39 is 5.82 Å². The molecule has 0 radical (unpaired) electrons. The Balaban J connectivity index is 1.89. The summed E-state index contributed by atoms with van der Waals surface area (Å²) in [5, 5.41) is 21.0. The van der Waals surface area contributed by atoms with Crippen molar-refractivity contribution in [3.63, 3.8) is 0 Å². The van der Waals surface area contributed by atoms with Crippen molar-refractivity contribution in [2.45, 2.75) is 0 Å². The van der Waals surface area contributed by atoms with Crippen molar-refractivity contribution in [3.05, 3.63) is 60.0 Å². The number of H-pyrrole nitrogens is 1. The Labute approximate surface area is 135 Å². The van der Waals surface area contributed by atoms with Gasteiger partial charge in [-0.2, -0.15) is 15.5 Å². The first-order valence-electron chi connectivity index (χ1n) is 7.15. The predicted octanol–water partition coefficient (Wildman–Crippen LogP) is 3.01. The third-order valence-corrected chi connectivity index (χ3v) is 3.78. The first-order valence-corrected chi connectivity index (χ1v) is 7.15. The van der Waals surface area contributed by atoms with Crippen LogP contribution in [0.15, 0.2) is 48.7 Å². The van der Waals surface area contributed by atoms with Crippen LogP contribution in [0, 0.1) is 17.1 Å². The van der Waals surface area contributed by atoms with Gasteiger partial charge in [-0.05, 0) is 30.3 Å². The Morgan fingerprint density at radius 2 is 2.04 bits per heavy atom. The number of halogens is 1. The number of aromatic amines is 1. The Morgan fingerprint density at radius 1 is 1.17 bits per heavy atom. The van der Waals surface area contributed by atoms with E-state index in [2.05, 4.69) is 15.3 Å². The summed E-state index contributed by atoms with van der Waals surface area (Å²) in [6, 6.07) is 13.6. The van der Waals surface area contributed by atoms with Gasteiger partial charge in [-0.25, -0.2) is 9.07 Å². The van der Waals surface area contributed by atoms with Gasteiger partial charge in [0.15, 0.2) is 0 Å². The summed E-state index contributed by atoms with van der Waals surface area (Å²) in [4.78, 5) is 0. The quantitative estimate of drug-likeness (QED) is 0.594. The zero-order chi connectivity index (χ0) is 16.7. The van der Waals surface area contributed by atoms with Crippen LogP contribution in [0.25, 0.3) is 27.8 Å². The fourth-order valence-electron chi connectivity index (χ4n) is 2.63. The maximum absolute atomic E-state index is 13.9. The Kier molecular flexibility index (Phi) is 3.03. The lowest BCUT2D eigenvalue weighted by atomic mass is 10.1. The van der Waals surface area contributed by atoms with Gasteiger partial charge in [0.1, 0.15) is 17.7 Å². The Hall–Kier alpha value is -3.66. The molecule has 2 aromatic carbocycles. The minimum atomic E-state index is -0.577. The average Bonchev–Trinajstić information content (AvgIpc) is 3.20. The number of nitriles is 1. The van der Waals surface area contributed by atoms with Crippen molar-refractivity contribution < 1.29 is 4.39 Å². The van der Waals surface area contributed by atoms with Crippen LogP contribution in [0.1, 0.15) is 5.56 Å². The van der Waals surface area contributed by atoms with Crippen molar-refractivity contribution >= 4 is 16.7 Å². The standard InChI is InChI=1S/C17H11FN6/c18-14-6-10(1-2-11(14)8-19)16-7-17(20)23-24(16)13-3-4-15-12(5-13)9-21-22-15/h1-7,9H,(H2,20,23)(H,21,22). The smallest absolute Gasteiger partial charge is 0.146 e. The SMILES string of the molecule is N#Cc1ccc(-c2cc(N)nn2-c2ccc3[nH]ncc3c2)cc1F. The second-order valence-electron chi connectivity index (χ2n) is 5.31. The van der Waals surface area contributed by atoms with Crippen LogP contribution in [0.2, 0.25) is 0 Å². The van der Waals surface area contributed by atoms with Gasteiger partial charge in [-0.1, -0.05) is 6.07 Å². The number of nitrogens with one attached hydrogen (secondary N) is 1. The molecule has 0 aliphatic rings. The van der Waals surface area contributed by atoms with E-state index in [4.69, 9.17) is 11.0 Å². The van der Waals surface area contributed by atoms with Crippen LogP contribution in [0.4, 0.5) is 10.2 Å². The highest BCUT2D eigenvalue weighted by atomic mass is 19.1. The second kappa shape index (κ2) is 5.21. The molecular formula is C17H11FN6. The molecule has 0 saturated carbocycles. The van der Waals surface area contributed by atoms with E-state index in [0.717, 1.165) is 16.6 Å². The number of rotatable bonds is 2. The fourth-order valence-corrected chi connectivity index (χ4v) is 2.63. The van der Waals surface area contributed by atoms with Gasteiger partial charge in [0.25, 0.3) is 0 Å². The summed E-state index contributed by atoms with van der Waals surface area (Å²) in [5.74, 6) is -0.256. The molecule has 0 spiro atoms. The number of hydrogen-bond acceptors (Lipinski definition) is 4. The maximum atomic E-state index is 13.9. The maximum Gasteiger partial charge on any atom is 0.146 e. The predicted molar refractivity (Wildman–Crippen MR) is 87.7 cm³/mol. The van der Waals surface area contributed by atoms with Gasteiger partial charge < -0.3 is 5.73 Å². The van der Waals surface area contributed by atoms with Crippen LogP contribution in [0.5, 0.6) is 0 Å². The summed E-state index contributed by atoms with van der Waals surface area (Å²) >= 11 is 0. The molecule has 116 valence electrons. The van der Waals surface area contributed by atoms with Crippen molar-refractivity contribution in [1.29, 1.82) is 5.26 Å². The van der Waals surface area contributed by atoms with E-state index in [1.54, 1.807) is 23.0 Å². The molecule has 3 N–H and O–H groups in total. The van der Waals surface area contributed by atoms with Crippen LogP contribution in [-0.2, 0) is 0 Å². The molecule has 7 heteroatoms. The first kappa shape index (κ1) is 14.0. The van der Waals surface area contributed by atoms with Gasteiger partial charge in [0, 0.05) is 17.0 Å². The van der Waals surface area contributed by atoms with E-state index >= 15 is 0 Å². The largest absolute Gasteiger partial charge is 0.382 e. The molecule has 0 saturated heterocycles. The number of hydrogen-bond donors (Lipinski definition) is 2. The molecule has 2 aromatic heterocycles. The normalized spacial score (nSPS) is 10.8. The summed E-state index contributed by atoms with van der Waals surface area (Å²) in [5.41, 5.74) is 8.75. The number of benzene rings is 2. The third kappa shape index (κ3) is 2.18. The lowest BCUT2D eigenvalue weighted by Crippen LogP contribution is -2.00. The Bertz CT molecular complexity index is 1100. The lowest BCUT2D eigenvalue weighted by Gasteiger charge is -2.08.